The Kier molecular flexibility index (Phi) is 12.7. The topological polar surface area (TPSA) is 188 Å². The van der Waals surface area contributed by atoms with E-state index in [4.69, 9.17) is 10.8 Å². The molecule has 0 rings (SSSR count). The Morgan fingerprint density at radius 2 is 1.69 bits per heavy atom. The van der Waals surface area contributed by atoms with Gasteiger partial charge < -0.3 is 31.9 Å². The predicted molar refractivity (Wildman–Crippen MR) is 107 cm³/mol. The summed E-state index contributed by atoms with van der Waals surface area (Å²) in [5.41, 5.74) is 5.40. The number of carbonyl (C=O) groups excluding carboxylic acids is 3. The first-order valence-corrected chi connectivity index (χ1v) is 10.5. The molecule has 0 aromatic rings. The fourth-order valence-corrected chi connectivity index (χ4v) is 2.74. The zero-order chi connectivity index (χ0) is 22.6. The van der Waals surface area contributed by atoms with Crippen LogP contribution in [0.15, 0.2) is 0 Å². The van der Waals surface area contributed by atoms with Crippen molar-refractivity contribution in [3.05, 3.63) is 0 Å². The zero-order valence-corrected chi connectivity index (χ0v) is 17.6. The lowest BCUT2D eigenvalue weighted by atomic mass is 9.99. The number of carbonyl (C=O) groups is 5. The Labute approximate surface area is 173 Å². The molecule has 166 valence electrons. The summed E-state index contributed by atoms with van der Waals surface area (Å²) in [6, 6.07) is -3.37. The third kappa shape index (κ3) is 10.7. The Morgan fingerprint density at radius 3 is 2.17 bits per heavy atom. The van der Waals surface area contributed by atoms with Crippen molar-refractivity contribution in [2.75, 3.05) is 18.6 Å². The Morgan fingerprint density at radius 1 is 1.07 bits per heavy atom. The molecule has 0 aromatic carbocycles. The van der Waals surface area contributed by atoms with Crippen molar-refractivity contribution in [2.24, 2.45) is 11.7 Å². The number of rotatable bonds is 14. The molecule has 0 heterocycles. The number of nitrogens with two attached hydrogens (primary N) is 1. The van der Waals surface area contributed by atoms with Gasteiger partial charge in [-0.15, -0.1) is 0 Å². The lowest BCUT2D eigenvalue weighted by Gasteiger charge is -2.24. The van der Waals surface area contributed by atoms with E-state index in [9.17, 15) is 29.1 Å². The van der Waals surface area contributed by atoms with E-state index in [1.54, 1.807) is 13.8 Å². The lowest BCUT2D eigenvalue weighted by Crippen LogP contribution is -2.55. The van der Waals surface area contributed by atoms with E-state index in [0.29, 0.717) is 12.2 Å². The summed E-state index contributed by atoms with van der Waals surface area (Å²) < 4.78 is 0. The first kappa shape index (κ1) is 26.7. The Hall–Kier alpha value is -2.34. The molecule has 0 aliphatic rings. The molecule has 3 amide bonds. The highest BCUT2D eigenvalue weighted by Crippen LogP contribution is 2.09. The molecule has 7 N–H and O–H groups in total. The van der Waals surface area contributed by atoms with Crippen LogP contribution in [0.4, 0.5) is 0 Å². The van der Waals surface area contributed by atoms with E-state index in [2.05, 4.69) is 16.0 Å². The van der Waals surface area contributed by atoms with Crippen LogP contribution in [0.1, 0.15) is 33.1 Å². The molecule has 0 bridgehead atoms. The van der Waals surface area contributed by atoms with E-state index >= 15 is 0 Å². The third-order valence-corrected chi connectivity index (χ3v) is 4.84. The van der Waals surface area contributed by atoms with Gasteiger partial charge in [-0.05, 0) is 24.3 Å². The number of amides is 3. The largest absolute Gasteiger partial charge is 0.481 e. The highest BCUT2D eigenvalue weighted by atomic mass is 32.2. The van der Waals surface area contributed by atoms with E-state index in [1.165, 1.54) is 11.8 Å². The highest BCUT2D eigenvalue weighted by Gasteiger charge is 2.29. The van der Waals surface area contributed by atoms with E-state index in [1.807, 2.05) is 6.26 Å². The molecule has 29 heavy (non-hydrogen) atoms. The summed E-state index contributed by atoms with van der Waals surface area (Å²) >= 11 is 1.45. The van der Waals surface area contributed by atoms with Gasteiger partial charge in [0, 0.05) is 0 Å². The number of hydrogen-bond donors (Lipinski definition) is 6. The van der Waals surface area contributed by atoms with Crippen molar-refractivity contribution < 1.29 is 34.2 Å². The Bertz CT molecular complexity index is 602. The summed E-state index contributed by atoms with van der Waals surface area (Å²) in [7, 11) is 0. The van der Waals surface area contributed by atoms with Crippen molar-refractivity contribution in [3.8, 4) is 0 Å². The molecule has 0 saturated heterocycles. The van der Waals surface area contributed by atoms with Gasteiger partial charge in [-0.25, -0.2) is 4.79 Å². The van der Waals surface area contributed by atoms with Gasteiger partial charge in [0.25, 0.3) is 0 Å². The molecular weight excluding hydrogens is 404 g/mol. The minimum Gasteiger partial charge on any atom is -0.481 e. The number of aliphatic carboxylic acids is 2. The third-order valence-electron chi connectivity index (χ3n) is 4.19. The second-order valence-electron chi connectivity index (χ2n) is 6.53. The molecular formula is C17H30N4O7S. The average Bonchev–Trinajstić information content (AvgIpc) is 2.65. The predicted octanol–water partition coefficient (Wildman–Crippen LogP) is -1.24. The van der Waals surface area contributed by atoms with E-state index in [0.717, 1.165) is 0 Å². The van der Waals surface area contributed by atoms with Crippen molar-refractivity contribution in [1.82, 2.24) is 16.0 Å². The molecule has 0 radical (unpaired) electrons. The van der Waals surface area contributed by atoms with Crippen LogP contribution in [-0.4, -0.2) is 76.6 Å². The van der Waals surface area contributed by atoms with Crippen molar-refractivity contribution in [1.29, 1.82) is 0 Å². The average molecular weight is 435 g/mol. The fourth-order valence-electron chi connectivity index (χ4n) is 2.27. The van der Waals surface area contributed by atoms with Crippen LogP contribution >= 0.6 is 11.8 Å². The van der Waals surface area contributed by atoms with Crippen LogP contribution in [0.25, 0.3) is 0 Å². The van der Waals surface area contributed by atoms with Crippen LogP contribution in [-0.2, 0) is 24.0 Å². The molecule has 0 aromatic heterocycles. The van der Waals surface area contributed by atoms with Gasteiger partial charge in [0.05, 0.1) is 19.0 Å². The molecule has 12 heteroatoms. The number of carboxylic acids is 2. The standard InChI is InChI=1S/C17H30N4O7S/c1-4-9(2)14(17(27)28)21-16(26)11(5-6-29-3)20-12(22)8-19-15(25)10(18)7-13(23)24/h9-11,14H,4-8,18H2,1-3H3,(H,19,25)(H,20,22)(H,21,26)(H,23,24)(H,27,28). The van der Waals surface area contributed by atoms with Crippen molar-refractivity contribution in [2.45, 2.75) is 51.2 Å². The molecule has 0 saturated carbocycles. The van der Waals surface area contributed by atoms with Gasteiger partial charge in [-0.3, -0.25) is 19.2 Å². The number of nitrogens with one attached hydrogen (secondary N) is 3. The zero-order valence-electron chi connectivity index (χ0n) is 16.8. The van der Waals surface area contributed by atoms with Gasteiger partial charge in [-0.2, -0.15) is 11.8 Å². The van der Waals surface area contributed by atoms with Crippen LogP contribution in [0.3, 0.4) is 0 Å². The molecule has 4 atom stereocenters. The molecule has 4 unspecified atom stereocenters. The van der Waals surface area contributed by atoms with Gasteiger partial charge in [0.15, 0.2) is 0 Å². The maximum absolute atomic E-state index is 12.5. The van der Waals surface area contributed by atoms with E-state index < -0.39 is 60.8 Å². The number of carboxylic acid groups (broad SMARTS) is 2. The van der Waals surface area contributed by atoms with Gasteiger partial charge in [0.2, 0.25) is 17.7 Å². The first-order chi connectivity index (χ1) is 13.5. The van der Waals surface area contributed by atoms with Crippen molar-refractivity contribution in [3.63, 3.8) is 0 Å². The molecule has 0 fully saturated rings. The minimum atomic E-state index is -1.30. The van der Waals surface area contributed by atoms with Gasteiger partial charge in [-0.1, -0.05) is 20.3 Å². The maximum Gasteiger partial charge on any atom is 0.326 e. The van der Waals surface area contributed by atoms with E-state index in [-0.39, 0.29) is 12.3 Å². The fraction of sp³-hybridized carbons (Fsp3) is 0.706. The summed E-state index contributed by atoms with van der Waals surface area (Å²) in [6.45, 7) is 3.00. The van der Waals surface area contributed by atoms with Crippen molar-refractivity contribution >= 4 is 41.4 Å². The van der Waals surface area contributed by atoms with Gasteiger partial charge in [0.1, 0.15) is 12.1 Å². The molecule has 0 spiro atoms. The number of hydrogen-bond acceptors (Lipinski definition) is 7. The SMILES string of the molecule is CCC(C)C(NC(=O)C(CCSC)NC(=O)CNC(=O)C(N)CC(=O)O)C(=O)O. The summed E-state index contributed by atoms with van der Waals surface area (Å²) in [6.07, 6.45) is 2.04. The summed E-state index contributed by atoms with van der Waals surface area (Å²) in [4.78, 5) is 58.2. The van der Waals surface area contributed by atoms with Crippen LogP contribution < -0.4 is 21.7 Å². The smallest absolute Gasteiger partial charge is 0.326 e. The molecule has 11 nitrogen and oxygen atoms in total. The highest BCUT2D eigenvalue weighted by molar-refractivity contribution is 7.98. The number of thioether (sulfide) groups is 1. The minimum absolute atomic E-state index is 0.262. The van der Waals surface area contributed by atoms with Crippen LogP contribution in [0.2, 0.25) is 0 Å². The first-order valence-electron chi connectivity index (χ1n) is 9.09. The summed E-state index contributed by atoms with van der Waals surface area (Å²) in [5.74, 6) is -4.30. The quantitative estimate of drug-likeness (QED) is 0.194. The van der Waals surface area contributed by atoms with Crippen LogP contribution in [0, 0.1) is 5.92 Å². The molecule has 0 aliphatic carbocycles. The molecule has 0 aliphatic heterocycles. The maximum atomic E-state index is 12.5. The summed E-state index contributed by atoms with van der Waals surface area (Å²) in [5, 5.41) is 25.0. The second-order valence-corrected chi connectivity index (χ2v) is 7.52. The Balaban J connectivity index is 4.90. The lowest BCUT2D eigenvalue weighted by molar-refractivity contribution is -0.143. The van der Waals surface area contributed by atoms with Gasteiger partial charge >= 0.3 is 11.9 Å². The van der Waals surface area contributed by atoms with Crippen LogP contribution in [0.5, 0.6) is 0 Å². The normalized spacial score (nSPS) is 14.8. The monoisotopic (exact) mass is 434 g/mol. The second kappa shape index (κ2) is 13.8.